The predicted octanol–water partition coefficient (Wildman–Crippen LogP) is 3.74. The van der Waals surface area contributed by atoms with Crippen molar-refractivity contribution in [1.82, 2.24) is 14.8 Å². The van der Waals surface area contributed by atoms with Crippen LogP contribution >= 0.6 is 11.6 Å². The summed E-state index contributed by atoms with van der Waals surface area (Å²) < 4.78 is 2.18. The molecule has 1 aliphatic heterocycles. The Bertz CT molecular complexity index is 991. The lowest BCUT2D eigenvalue weighted by Gasteiger charge is -2.22. The van der Waals surface area contributed by atoms with Crippen molar-refractivity contribution >= 4 is 29.3 Å². The van der Waals surface area contributed by atoms with Gasteiger partial charge in [0.25, 0.3) is 5.91 Å². The van der Waals surface area contributed by atoms with Crippen molar-refractivity contribution < 1.29 is 14.4 Å². The number of hydrogen-bond donors (Lipinski definition) is 1. The highest BCUT2D eigenvalue weighted by Gasteiger charge is 2.49. The van der Waals surface area contributed by atoms with Crippen molar-refractivity contribution in [3.63, 3.8) is 0 Å². The van der Waals surface area contributed by atoms with Crippen LogP contribution in [0, 0.1) is 13.8 Å². The smallest absolute Gasteiger partial charge is 0.325 e. The Hall–Kier alpha value is -2.60. The summed E-state index contributed by atoms with van der Waals surface area (Å²) in [6.45, 7) is 5.26. The number of nitrogens with one attached hydrogen (secondary N) is 1. The van der Waals surface area contributed by atoms with Gasteiger partial charge in [-0.1, -0.05) is 23.7 Å². The maximum Gasteiger partial charge on any atom is 0.325 e. The minimum absolute atomic E-state index is 0.233. The molecule has 2 fully saturated rings. The van der Waals surface area contributed by atoms with E-state index in [-0.39, 0.29) is 12.3 Å². The summed E-state index contributed by atoms with van der Waals surface area (Å²) in [6.07, 6.45) is 2.24. The first-order valence-corrected chi connectivity index (χ1v) is 9.72. The molecular formula is C21H22ClN3O3. The monoisotopic (exact) mass is 399 g/mol. The zero-order chi connectivity index (χ0) is 20.2. The first kappa shape index (κ1) is 18.7. The van der Waals surface area contributed by atoms with Crippen LogP contribution in [0.5, 0.6) is 0 Å². The Kier molecular flexibility index (Phi) is 4.34. The Morgan fingerprint density at radius 3 is 2.46 bits per heavy atom. The molecule has 146 valence electrons. The fraction of sp³-hybridized carbons (Fsp3) is 0.381. The van der Waals surface area contributed by atoms with E-state index in [0.717, 1.165) is 29.1 Å². The van der Waals surface area contributed by atoms with Crippen LogP contribution in [0.15, 0.2) is 30.3 Å². The number of aromatic nitrogens is 1. The first-order valence-electron chi connectivity index (χ1n) is 9.34. The quantitative estimate of drug-likeness (QED) is 0.615. The van der Waals surface area contributed by atoms with Crippen molar-refractivity contribution in [2.24, 2.45) is 0 Å². The van der Waals surface area contributed by atoms with Gasteiger partial charge < -0.3 is 9.88 Å². The molecule has 1 saturated heterocycles. The number of carbonyl (C=O) groups is 3. The number of carbonyl (C=O) groups excluding carboxylic acids is 3. The number of hydrogen-bond acceptors (Lipinski definition) is 3. The van der Waals surface area contributed by atoms with Gasteiger partial charge in [0.05, 0.1) is 6.54 Å². The van der Waals surface area contributed by atoms with Crippen LogP contribution in [0.4, 0.5) is 4.79 Å². The van der Waals surface area contributed by atoms with E-state index in [0.29, 0.717) is 22.2 Å². The van der Waals surface area contributed by atoms with E-state index >= 15 is 0 Å². The van der Waals surface area contributed by atoms with Crippen LogP contribution in [-0.2, 0) is 10.3 Å². The number of rotatable bonds is 5. The summed E-state index contributed by atoms with van der Waals surface area (Å²) in [7, 11) is 0. The molecule has 0 radical (unpaired) electrons. The van der Waals surface area contributed by atoms with Gasteiger partial charge in [0.1, 0.15) is 5.54 Å². The molecule has 0 bridgehead atoms. The van der Waals surface area contributed by atoms with E-state index in [2.05, 4.69) is 9.88 Å². The molecule has 7 heteroatoms. The molecule has 2 heterocycles. The highest BCUT2D eigenvalue weighted by Crippen LogP contribution is 2.38. The van der Waals surface area contributed by atoms with Crippen LogP contribution in [0.1, 0.15) is 53.1 Å². The highest BCUT2D eigenvalue weighted by molar-refractivity contribution is 6.30. The van der Waals surface area contributed by atoms with Gasteiger partial charge in [-0.25, -0.2) is 4.79 Å². The molecule has 28 heavy (non-hydrogen) atoms. The van der Waals surface area contributed by atoms with Crippen LogP contribution in [0.25, 0.3) is 0 Å². The average Bonchev–Trinajstić information content (AvgIpc) is 3.39. The van der Waals surface area contributed by atoms with Gasteiger partial charge in [-0.05, 0) is 57.4 Å². The molecule has 1 atom stereocenters. The lowest BCUT2D eigenvalue weighted by atomic mass is 9.92. The van der Waals surface area contributed by atoms with Crippen molar-refractivity contribution in [2.45, 2.75) is 45.2 Å². The number of Topliss-reactive ketones (excluding diaryl/α,β-unsaturated/α-hetero) is 1. The fourth-order valence-corrected chi connectivity index (χ4v) is 4.13. The first-order chi connectivity index (χ1) is 13.2. The van der Waals surface area contributed by atoms with Crippen LogP contribution in [-0.4, -0.2) is 33.7 Å². The summed E-state index contributed by atoms with van der Waals surface area (Å²) in [4.78, 5) is 39.4. The summed E-state index contributed by atoms with van der Waals surface area (Å²) in [5.74, 6) is -0.673. The predicted molar refractivity (Wildman–Crippen MR) is 106 cm³/mol. The number of halogens is 1. The zero-order valence-corrected chi connectivity index (χ0v) is 16.8. The molecule has 6 nitrogen and oxygen atoms in total. The molecule has 4 rings (SSSR count). The second-order valence-electron chi connectivity index (χ2n) is 7.76. The SMILES string of the molecule is Cc1cc(C(=O)CN2C(=O)N[C@](C)(c3ccc(Cl)cc3)C2=O)c(C)n1C1CC1. The topological polar surface area (TPSA) is 71.4 Å². The Morgan fingerprint density at radius 1 is 1.21 bits per heavy atom. The normalized spacial score (nSPS) is 21.9. The molecule has 1 N–H and O–H groups in total. The third-order valence-electron chi connectivity index (χ3n) is 5.70. The average molecular weight is 400 g/mol. The fourth-order valence-electron chi connectivity index (χ4n) is 4.00. The molecule has 1 aromatic carbocycles. The van der Waals surface area contributed by atoms with Crippen molar-refractivity contribution in [3.8, 4) is 0 Å². The summed E-state index contributed by atoms with van der Waals surface area (Å²) >= 11 is 5.92. The standard InChI is InChI=1S/C21H22ClN3O3/c1-12-10-17(13(2)25(12)16-8-9-16)18(26)11-24-19(27)21(3,23-20(24)28)14-4-6-15(22)7-5-14/h4-7,10,16H,8-9,11H2,1-3H3,(H,23,28)/t21-/m1/s1. The maximum absolute atomic E-state index is 13.0. The lowest BCUT2D eigenvalue weighted by molar-refractivity contribution is -0.130. The Labute approximate surface area is 168 Å². The summed E-state index contributed by atoms with van der Waals surface area (Å²) in [5, 5.41) is 3.26. The van der Waals surface area contributed by atoms with Gasteiger partial charge in [-0.3, -0.25) is 14.5 Å². The van der Waals surface area contributed by atoms with Gasteiger partial charge in [0.15, 0.2) is 5.78 Å². The van der Waals surface area contributed by atoms with Crippen molar-refractivity contribution in [2.75, 3.05) is 6.54 Å². The minimum Gasteiger partial charge on any atom is -0.345 e. The van der Waals surface area contributed by atoms with Crippen LogP contribution in [0.2, 0.25) is 5.02 Å². The van der Waals surface area contributed by atoms with E-state index < -0.39 is 17.5 Å². The van der Waals surface area contributed by atoms with Gasteiger partial charge in [-0.15, -0.1) is 0 Å². The highest BCUT2D eigenvalue weighted by atomic mass is 35.5. The molecule has 1 saturated carbocycles. The number of urea groups is 1. The van der Waals surface area contributed by atoms with E-state index in [9.17, 15) is 14.4 Å². The number of imide groups is 1. The van der Waals surface area contributed by atoms with Gasteiger partial charge >= 0.3 is 6.03 Å². The second kappa shape index (κ2) is 6.48. The molecular weight excluding hydrogens is 378 g/mol. The molecule has 0 unspecified atom stereocenters. The van der Waals surface area contributed by atoms with E-state index in [1.807, 2.05) is 19.9 Å². The zero-order valence-electron chi connectivity index (χ0n) is 16.1. The van der Waals surface area contributed by atoms with Crippen LogP contribution < -0.4 is 5.32 Å². The maximum atomic E-state index is 13.0. The van der Waals surface area contributed by atoms with Crippen molar-refractivity contribution in [1.29, 1.82) is 0 Å². The molecule has 2 aliphatic rings. The van der Waals surface area contributed by atoms with Gasteiger partial charge in [0.2, 0.25) is 0 Å². The van der Waals surface area contributed by atoms with E-state index in [1.165, 1.54) is 0 Å². The van der Waals surface area contributed by atoms with Gasteiger partial charge in [-0.2, -0.15) is 0 Å². The Balaban J connectivity index is 1.58. The molecule has 1 aromatic heterocycles. The molecule has 1 aliphatic carbocycles. The number of ketones is 1. The molecule has 2 aromatic rings. The van der Waals surface area contributed by atoms with E-state index in [1.54, 1.807) is 31.2 Å². The second-order valence-corrected chi connectivity index (χ2v) is 8.20. The number of nitrogens with zero attached hydrogens (tertiary/aromatic N) is 2. The number of amides is 3. The minimum atomic E-state index is -1.22. The third-order valence-corrected chi connectivity index (χ3v) is 5.95. The van der Waals surface area contributed by atoms with E-state index in [4.69, 9.17) is 11.6 Å². The lowest BCUT2D eigenvalue weighted by Crippen LogP contribution is -2.41. The Morgan fingerprint density at radius 2 is 1.86 bits per heavy atom. The van der Waals surface area contributed by atoms with Gasteiger partial charge in [0, 0.05) is 28.0 Å². The summed E-state index contributed by atoms with van der Waals surface area (Å²) in [5.41, 5.74) is 1.92. The number of benzene rings is 1. The largest absolute Gasteiger partial charge is 0.345 e. The number of aryl methyl sites for hydroxylation is 1. The van der Waals surface area contributed by atoms with Crippen LogP contribution in [0.3, 0.4) is 0 Å². The summed E-state index contributed by atoms with van der Waals surface area (Å²) in [6, 6.07) is 8.50. The third kappa shape index (κ3) is 2.92. The molecule has 0 spiro atoms. The van der Waals surface area contributed by atoms with Crippen molar-refractivity contribution in [3.05, 3.63) is 57.9 Å². The molecule has 3 amide bonds.